The summed E-state index contributed by atoms with van der Waals surface area (Å²) in [5.41, 5.74) is 8.39. The van der Waals surface area contributed by atoms with Crippen LogP contribution in [-0.2, 0) is 30.7 Å². The van der Waals surface area contributed by atoms with Crippen molar-refractivity contribution in [1.82, 2.24) is 9.62 Å². The number of amides is 1. The number of rotatable bonds is 12. The van der Waals surface area contributed by atoms with Crippen LogP contribution in [-0.4, -0.2) is 89.9 Å². The van der Waals surface area contributed by atoms with Gasteiger partial charge in [-0.2, -0.15) is 4.31 Å². The molecule has 3 aliphatic rings. The van der Waals surface area contributed by atoms with Gasteiger partial charge in [0.1, 0.15) is 24.2 Å². The van der Waals surface area contributed by atoms with Crippen molar-refractivity contribution in [2.45, 2.75) is 56.1 Å². The van der Waals surface area contributed by atoms with Gasteiger partial charge in [-0.25, -0.2) is 13.2 Å². The standard InChI is InChI=1S/C30H42N4O8S/c1-19(2)16-34(43(36,37)22-8-9-25-27(15-22)39-13-11-32-25)17-24(31)26(14-20-4-6-21(38-3)7-5-20)33-30(35)42-28-18-41-29-23(28)10-12-40-29/h4-9,15,19,23-24,26,28-29,32H,10-14,16-18,31H2,1-3H3,(H,33,35)/t23-,24+,26-,28-,29+/m0/s1. The number of methoxy groups -OCH3 is 1. The van der Waals surface area contributed by atoms with Gasteiger partial charge in [0.05, 0.1) is 42.9 Å². The lowest BCUT2D eigenvalue weighted by Gasteiger charge is -2.32. The Labute approximate surface area is 253 Å². The molecule has 1 amide bonds. The third kappa shape index (κ3) is 7.52. The van der Waals surface area contributed by atoms with Crippen LogP contribution in [0.5, 0.6) is 11.5 Å². The number of alkyl carbamates (subject to hydrolysis) is 1. The highest BCUT2D eigenvalue weighted by molar-refractivity contribution is 7.89. The van der Waals surface area contributed by atoms with E-state index < -0.39 is 34.3 Å². The average molecular weight is 619 g/mol. The largest absolute Gasteiger partial charge is 0.497 e. The molecule has 236 valence electrons. The summed E-state index contributed by atoms with van der Waals surface area (Å²) in [6, 6.07) is 10.9. The van der Waals surface area contributed by atoms with Crippen LogP contribution >= 0.6 is 0 Å². The smallest absolute Gasteiger partial charge is 0.407 e. The van der Waals surface area contributed by atoms with Crippen LogP contribution in [0.3, 0.4) is 0 Å². The topological polar surface area (TPSA) is 151 Å². The molecule has 0 aromatic heterocycles. The molecule has 13 heteroatoms. The molecular weight excluding hydrogens is 576 g/mol. The van der Waals surface area contributed by atoms with Crippen molar-refractivity contribution in [3.05, 3.63) is 48.0 Å². The predicted molar refractivity (Wildman–Crippen MR) is 160 cm³/mol. The Kier molecular flexibility index (Phi) is 9.97. The Morgan fingerprint density at radius 3 is 2.67 bits per heavy atom. The van der Waals surface area contributed by atoms with E-state index in [1.54, 1.807) is 25.3 Å². The SMILES string of the molecule is COc1ccc(C[C@H](NC(=O)O[C@H]2CO[C@H]3OCC[C@H]32)[C@H](N)CN(CC(C)C)S(=O)(=O)c2ccc3c(c2)OCCN3)cc1. The molecule has 3 aliphatic heterocycles. The van der Waals surface area contributed by atoms with Crippen molar-refractivity contribution in [3.63, 3.8) is 0 Å². The molecule has 2 saturated heterocycles. The number of benzene rings is 2. The first-order valence-electron chi connectivity index (χ1n) is 14.7. The highest BCUT2D eigenvalue weighted by atomic mass is 32.2. The van der Waals surface area contributed by atoms with Gasteiger partial charge in [-0.3, -0.25) is 0 Å². The fourth-order valence-electron chi connectivity index (χ4n) is 5.66. The second-order valence-electron chi connectivity index (χ2n) is 11.6. The normalized spacial score (nSPS) is 22.7. The van der Waals surface area contributed by atoms with E-state index in [9.17, 15) is 13.2 Å². The van der Waals surface area contributed by atoms with E-state index in [4.69, 9.17) is 29.4 Å². The Balaban J connectivity index is 1.35. The molecule has 4 N–H and O–H groups in total. The first kappa shape index (κ1) is 31.3. The van der Waals surface area contributed by atoms with Crippen LogP contribution in [0, 0.1) is 11.8 Å². The van der Waals surface area contributed by atoms with Gasteiger partial charge in [0, 0.05) is 31.7 Å². The van der Waals surface area contributed by atoms with Gasteiger partial charge in [-0.05, 0) is 48.6 Å². The second-order valence-corrected chi connectivity index (χ2v) is 13.5. The number of nitrogens with zero attached hydrogens (tertiary/aromatic N) is 1. The maximum atomic E-state index is 13.9. The van der Waals surface area contributed by atoms with Crippen molar-refractivity contribution in [3.8, 4) is 11.5 Å². The minimum Gasteiger partial charge on any atom is -0.497 e. The van der Waals surface area contributed by atoms with Gasteiger partial charge < -0.3 is 40.1 Å². The average Bonchev–Trinajstić information content (AvgIpc) is 3.61. The fourth-order valence-corrected chi connectivity index (χ4v) is 7.32. The number of carbonyl (C=O) groups excluding carboxylic acids is 1. The third-order valence-electron chi connectivity index (χ3n) is 7.93. The number of nitrogens with two attached hydrogens (primary N) is 1. The molecule has 0 aliphatic carbocycles. The maximum absolute atomic E-state index is 13.9. The van der Waals surface area contributed by atoms with Gasteiger partial charge in [0.15, 0.2) is 6.29 Å². The predicted octanol–water partition coefficient (Wildman–Crippen LogP) is 2.57. The van der Waals surface area contributed by atoms with Crippen LogP contribution in [0.1, 0.15) is 25.8 Å². The summed E-state index contributed by atoms with van der Waals surface area (Å²) in [6.07, 6.45) is -0.306. The van der Waals surface area contributed by atoms with Gasteiger partial charge in [0.25, 0.3) is 0 Å². The molecule has 0 unspecified atom stereocenters. The lowest BCUT2D eigenvalue weighted by molar-refractivity contribution is -0.0907. The molecule has 3 heterocycles. The van der Waals surface area contributed by atoms with Crippen LogP contribution in [0.25, 0.3) is 0 Å². The summed E-state index contributed by atoms with van der Waals surface area (Å²) >= 11 is 0. The molecule has 12 nitrogen and oxygen atoms in total. The minimum absolute atomic E-state index is 0.0121. The van der Waals surface area contributed by atoms with Crippen LogP contribution in [0.2, 0.25) is 0 Å². The number of fused-ring (bicyclic) bond motifs is 2. The molecule has 2 aromatic rings. The molecule has 0 saturated carbocycles. The summed E-state index contributed by atoms with van der Waals surface area (Å²) in [4.78, 5) is 13.3. The Morgan fingerprint density at radius 2 is 1.93 bits per heavy atom. The lowest BCUT2D eigenvalue weighted by Crippen LogP contribution is -2.55. The van der Waals surface area contributed by atoms with Gasteiger partial charge in [-0.1, -0.05) is 26.0 Å². The minimum atomic E-state index is -3.94. The number of carbonyl (C=O) groups is 1. The zero-order chi connectivity index (χ0) is 30.6. The highest BCUT2D eigenvalue weighted by Crippen LogP contribution is 2.33. The Bertz CT molecular complexity index is 1360. The summed E-state index contributed by atoms with van der Waals surface area (Å²) in [5.74, 6) is 1.21. The molecule has 5 rings (SSSR count). The zero-order valence-corrected chi connectivity index (χ0v) is 25.7. The lowest BCUT2D eigenvalue weighted by atomic mass is 9.99. The van der Waals surface area contributed by atoms with E-state index in [-0.39, 0.29) is 42.7 Å². The van der Waals surface area contributed by atoms with E-state index >= 15 is 0 Å². The summed E-state index contributed by atoms with van der Waals surface area (Å²) in [7, 11) is -2.35. The molecular formula is C30H42N4O8S. The molecule has 0 radical (unpaired) electrons. The number of hydrogen-bond donors (Lipinski definition) is 3. The zero-order valence-electron chi connectivity index (χ0n) is 24.9. The van der Waals surface area contributed by atoms with Crippen molar-refractivity contribution in [1.29, 1.82) is 0 Å². The number of hydrogen-bond acceptors (Lipinski definition) is 10. The number of anilines is 1. The van der Waals surface area contributed by atoms with E-state index in [0.29, 0.717) is 37.7 Å². The Hall–Kier alpha value is -3.10. The highest BCUT2D eigenvalue weighted by Gasteiger charge is 2.44. The van der Waals surface area contributed by atoms with Crippen molar-refractivity contribution in [2.24, 2.45) is 17.6 Å². The summed E-state index contributed by atoms with van der Waals surface area (Å²) in [6.45, 7) is 6.04. The first-order chi connectivity index (χ1) is 20.6. The van der Waals surface area contributed by atoms with E-state index in [1.165, 1.54) is 4.31 Å². The molecule has 43 heavy (non-hydrogen) atoms. The summed E-state index contributed by atoms with van der Waals surface area (Å²) in [5, 5.41) is 6.14. The van der Waals surface area contributed by atoms with E-state index in [2.05, 4.69) is 10.6 Å². The fraction of sp³-hybridized carbons (Fsp3) is 0.567. The molecule has 0 spiro atoms. The molecule has 2 aromatic carbocycles. The molecule has 2 fully saturated rings. The monoisotopic (exact) mass is 618 g/mol. The maximum Gasteiger partial charge on any atom is 0.407 e. The van der Waals surface area contributed by atoms with Crippen molar-refractivity contribution < 1.29 is 36.9 Å². The van der Waals surface area contributed by atoms with Crippen molar-refractivity contribution >= 4 is 21.8 Å². The van der Waals surface area contributed by atoms with Crippen LogP contribution < -0.4 is 25.8 Å². The van der Waals surface area contributed by atoms with Crippen molar-refractivity contribution in [2.75, 3.05) is 51.9 Å². The second kappa shape index (κ2) is 13.7. The molecule has 5 atom stereocenters. The van der Waals surface area contributed by atoms with E-state index in [1.807, 2.05) is 38.1 Å². The van der Waals surface area contributed by atoms with Gasteiger partial charge in [-0.15, -0.1) is 0 Å². The molecule has 0 bridgehead atoms. The quantitative estimate of drug-likeness (QED) is 0.324. The van der Waals surface area contributed by atoms with E-state index in [0.717, 1.165) is 17.7 Å². The summed E-state index contributed by atoms with van der Waals surface area (Å²) < 4.78 is 57.2. The first-order valence-corrected chi connectivity index (χ1v) is 16.2. The van der Waals surface area contributed by atoms with Crippen LogP contribution in [0.4, 0.5) is 10.5 Å². The third-order valence-corrected chi connectivity index (χ3v) is 9.76. The number of ether oxygens (including phenoxy) is 5. The van der Waals surface area contributed by atoms with Gasteiger partial charge >= 0.3 is 6.09 Å². The van der Waals surface area contributed by atoms with Crippen LogP contribution in [0.15, 0.2) is 47.4 Å². The number of nitrogens with one attached hydrogen (secondary N) is 2. The Morgan fingerprint density at radius 1 is 1.14 bits per heavy atom. The van der Waals surface area contributed by atoms with Gasteiger partial charge in [0.2, 0.25) is 10.0 Å². The number of sulfonamides is 1.